The second-order valence-corrected chi connectivity index (χ2v) is 8.23. The summed E-state index contributed by atoms with van der Waals surface area (Å²) >= 11 is 14.8. The molecule has 0 aliphatic rings. The number of nitrogens with one attached hydrogen (secondary N) is 1. The number of halogens is 2. The Morgan fingerprint density at radius 2 is 2.21 bits per heavy atom. The van der Waals surface area contributed by atoms with E-state index < -0.39 is 0 Å². The molecular weight excluding hydrogens is 387 g/mol. The Labute approximate surface area is 159 Å². The molecule has 0 aliphatic carbocycles. The van der Waals surface area contributed by atoms with E-state index in [0.29, 0.717) is 26.1 Å². The second-order valence-electron chi connectivity index (χ2n) is 5.15. The lowest BCUT2D eigenvalue weighted by atomic mass is 9.94. The van der Waals surface area contributed by atoms with E-state index in [4.69, 9.17) is 28.9 Å². The van der Waals surface area contributed by atoms with Gasteiger partial charge in [-0.2, -0.15) is 0 Å². The van der Waals surface area contributed by atoms with Gasteiger partial charge in [0.25, 0.3) is 0 Å². The van der Waals surface area contributed by atoms with Gasteiger partial charge in [0.1, 0.15) is 0 Å². The number of nitrogens with two attached hydrogens (primary N) is 1. The molecule has 0 fully saturated rings. The molecule has 0 aliphatic heterocycles. The fraction of sp³-hybridized carbons (Fsp3) is 0.400. The quantitative estimate of drug-likeness (QED) is 0.643. The summed E-state index contributed by atoms with van der Waals surface area (Å²) in [7, 11) is 0. The molecular formula is C15H18Cl2N4OS2. The number of carbonyl (C=O) groups excluding carboxylic acids is 1. The minimum Gasteiger partial charge on any atom is -0.374 e. The Morgan fingerprint density at radius 1 is 1.42 bits per heavy atom. The molecule has 0 unspecified atom stereocenters. The van der Waals surface area contributed by atoms with Gasteiger partial charge in [-0.1, -0.05) is 65.7 Å². The molecule has 24 heavy (non-hydrogen) atoms. The molecule has 0 saturated heterocycles. The summed E-state index contributed by atoms with van der Waals surface area (Å²) in [6, 6.07) is 5.48. The van der Waals surface area contributed by atoms with Crippen LogP contribution in [-0.2, 0) is 4.79 Å². The number of aromatic nitrogens is 2. The summed E-state index contributed by atoms with van der Waals surface area (Å²) in [6.45, 7) is 2.64. The van der Waals surface area contributed by atoms with Crippen LogP contribution in [0.15, 0.2) is 22.5 Å². The van der Waals surface area contributed by atoms with E-state index in [-0.39, 0.29) is 17.6 Å². The number of amides is 1. The maximum Gasteiger partial charge on any atom is 0.230 e. The van der Waals surface area contributed by atoms with Gasteiger partial charge in [0, 0.05) is 22.5 Å². The third-order valence-electron chi connectivity index (χ3n) is 3.33. The van der Waals surface area contributed by atoms with Gasteiger partial charge in [-0.15, -0.1) is 10.2 Å². The van der Waals surface area contributed by atoms with E-state index in [9.17, 15) is 4.79 Å². The number of hydrogen-bond acceptors (Lipinski definition) is 6. The van der Waals surface area contributed by atoms with Crippen molar-refractivity contribution in [2.24, 2.45) is 0 Å². The molecule has 3 N–H and O–H groups in total. The van der Waals surface area contributed by atoms with Crippen molar-refractivity contribution < 1.29 is 4.79 Å². The molecule has 0 radical (unpaired) electrons. The van der Waals surface area contributed by atoms with E-state index in [0.717, 1.165) is 18.4 Å². The number of carbonyl (C=O) groups is 1. The summed E-state index contributed by atoms with van der Waals surface area (Å²) in [5.41, 5.74) is 6.52. The van der Waals surface area contributed by atoms with Crippen LogP contribution in [0.25, 0.3) is 0 Å². The zero-order valence-corrected chi connectivity index (χ0v) is 16.2. The highest BCUT2D eigenvalue weighted by Gasteiger charge is 2.16. The fourth-order valence-corrected chi connectivity index (χ4v) is 4.27. The second kappa shape index (κ2) is 9.46. The summed E-state index contributed by atoms with van der Waals surface area (Å²) in [4.78, 5) is 12.0. The third kappa shape index (κ3) is 5.81. The summed E-state index contributed by atoms with van der Waals surface area (Å²) in [5.74, 6) is 0.382. The van der Waals surface area contributed by atoms with E-state index in [1.807, 2.05) is 12.1 Å². The van der Waals surface area contributed by atoms with Crippen LogP contribution in [0.4, 0.5) is 5.13 Å². The van der Waals surface area contributed by atoms with Gasteiger partial charge < -0.3 is 11.1 Å². The van der Waals surface area contributed by atoms with Crippen molar-refractivity contribution >= 4 is 57.3 Å². The molecule has 130 valence electrons. The number of nitrogens with zero attached hydrogens (tertiary/aromatic N) is 2. The summed E-state index contributed by atoms with van der Waals surface area (Å²) < 4.78 is 0.688. The Balaban J connectivity index is 1.89. The molecule has 0 spiro atoms. The van der Waals surface area contributed by atoms with Gasteiger partial charge in [0.15, 0.2) is 4.34 Å². The Kier molecular flexibility index (Phi) is 7.61. The zero-order chi connectivity index (χ0) is 17.5. The molecule has 1 heterocycles. The number of anilines is 1. The van der Waals surface area contributed by atoms with E-state index in [2.05, 4.69) is 22.4 Å². The van der Waals surface area contributed by atoms with Crippen LogP contribution in [0.2, 0.25) is 10.0 Å². The normalized spacial score (nSPS) is 12.1. The van der Waals surface area contributed by atoms with Crippen LogP contribution in [0.1, 0.15) is 31.2 Å². The van der Waals surface area contributed by atoms with Gasteiger partial charge >= 0.3 is 0 Å². The molecule has 1 atom stereocenters. The maximum absolute atomic E-state index is 12.0. The zero-order valence-electron chi connectivity index (χ0n) is 13.1. The van der Waals surface area contributed by atoms with Crippen LogP contribution in [0.3, 0.4) is 0 Å². The molecule has 2 aromatic rings. The smallest absolute Gasteiger partial charge is 0.230 e. The number of benzene rings is 1. The lowest BCUT2D eigenvalue weighted by Crippen LogP contribution is -2.30. The molecule has 9 heteroatoms. The predicted molar refractivity (Wildman–Crippen MR) is 102 cm³/mol. The number of thioether (sulfide) groups is 1. The van der Waals surface area contributed by atoms with Crippen molar-refractivity contribution in [2.45, 2.75) is 30.0 Å². The first-order valence-electron chi connectivity index (χ1n) is 7.43. The van der Waals surface area contributed by atoms with Crippen LogP contribution in [0.5, 0.6) is 0 Å². The van der Waals surface area contributed by atoms with Crippen molar-refractivity contribution in [3.05, 3.63) is 33.8 Å². The van der Waals surface area contributed by atoms with Crippen molar-refractivity contribution in [1.82, 2.24) is 15.5 Å². The first kappa shape index (κ1) is 19.3. The van der Waals surface area contributed by atoms with Crippen LogP contribution < -0.4 is 11.1 Å². The van der Waals surface area contributed by atoms with Crippen LogP contribution in [-0.4, -0.2) is 28.4 Å². The largest absolute Gasteiger partial charge is 0.374 e. The Bertz CT molecular complexity index is 696. The van der Waals surface area contributed by atoms with E-state index in [1.165, 1.54) is 23.1 Å². The molecule has 1 aromatic carbocycles. The molecule has 2 rings (SSSR count). The summed E-state index contributed by atoms with van der Waals surface area (Å²) in [5, 5.41) is 12.2. The van der Waals surface area contributed by atoms with Gasteiger partial charge in [-0.25, -0.2) is 0 Å². The topological polar surface area (TPSA) is 80.9 Å². The minimum atomic E-state index is -0.0556. The number of nitrogen functional groups attached to an aromatic ring is 1. The standard InChI is InChI=1S/C15H18Cl2N4OS2/c1-2-3-9(11-5-4-10(16)6-12(11)17)7-19-13(22)8-23-15-21-20-14(18)24-15/h4-6,9H,2-3,7-8H2,1H3,(H2,18,20)(H,19,22)/t9-/m1/s1. The minimum absolute atomic E-state index is 0.0556. The SMILES string of the molecule is CCC[C@H](CNC(=O)CSc1nnc(N)s1)c1ccc(Cl)cc1Cl. The fourth-order valence-electron chi connectivity index (χ4n) is 2.24. The maximum atomic E-state index is 12.0. The van der Waals surface area contributed by atoms with E-state index >= 15 is 0 Å². The highest BCUT2D eigenvalue weighted by molar-refractivity contribution is 8.01. The molecule has 0 saturated carbocycles. The van der Waals surface area contributed by atoms with Gasteiger partial charge in [-0.05, 0) is 24.1 Å². The number of rotatable bonds is 8. The summed E-state index contributed by atoms with van der Waals surface area (Å²) in [6.07, 6.45) is 1.93. The monoisotopic (exact) mass is 404 g/mol. The van der Waals surface area contributed by atoms with Gasteiger partial charge in [0.2, 0.25) is 11.0 Å². The molecule has 0 bridgehead atoms. The van der Waals surface area contributed by atoms with Gasteiger partial charge in [0.05, 0.1) is 5.75 Å². The molecule has 1 amide bonds. The van der Waals surface area contributed by atoms with Crippen molar-refractivity contribution in [3.8, 4) is 0 Å². The van der Waals surface area contributed by atoms with Crippen molar-refractivity contribution in [2.75, 3.05) is 18.0 Å². The lowest BCUT2D eigenvalue weighted by molar-refractivity contribution is -0.118. The van der Waals surface area contributed by atoms with Gasteiger partial charge in [-0.3, -0.25) is 4.79 Å². The van der Waals surface area contributed by atoms with E-state index in [1.54, 1.807) is 6.07 Å². The first-order valence-corrected chi connectivity index (χ1v) is 9.98. The lowest BCUT2D eigenvalue weighted by Gasteiger charge is -2.19. The molecule has 5 nitrogen and oxygen atoms in total. The van der Waals surface area contributed by atoms with Crippen LogP contribution >= 0.6 is 46.3 Å². The average molecular weight is 405 g/mol. The van der Waals surface area contributed by atoms with Crippen molar-refractivity contribution in [3.63, 3.8) is 0 Å². The average Bonchev–Trinajstić information content (AvgIpc) is 2.95. The molecule has 1 aromatic heterocycles. The first-order chi connectivity index (χ1) is 11.5. The Morgan fingerprint density at radius 3 is 2.83 bits per heavy atom. The highest BCUT2D eigenvalue weighted by atomic mass is 35.5. The highest BCUT2D eigenvalue weighted by Crippen LogP contribution is 2.30. The van der Waals surface area contributed by atoms with Crippen molar-refractivity contribution in [1.29, 1.82) is 0 Å². The predicted octanol–water partition coefficient (Wildman–Crippen LogP) is 4.22. The van der Waals surface area contributed by atoms with Crippen LogP contribution in [0, 0.1) is 0 Å². The number of hydrogen-bond donors (Lipinski definition) is 2. The Hall–Kier alpha value is -1.02. The third-order valence-corrected chi connectivity index (χ3v) is 5.78.